The van der Waals surface area contributed by atoms with Crippen molar-refractivity contribution in [2.24, 2.45) is 5.92 Å². The van der Waals surface area contributed by atoms with Crippen LogP contribution in [0.3, 0.4) is 0 Å². The van der Waals surface area contributed by atoms with E-state index in [-0.39, 0.29) is 28.7 Å². The lowest BCUT2D eigenvalue weighted by Crippen LogP contribution is -2.36. The number of hydrogen-bond acceptors (Lipinski definition) is 3. The molecule has 20 heavy (non-hydrogen) atoms. The van der Waals surface area contributed by atoms with Crippen molar-refractivity contribution in [3.63, 3.8) is 0 Å². The smallest absolute Gasteiger partial charge is 0.243 e. The van der Waals surface area contributed by atoms with Gasteiger partial charge in [-0.3, -0.25) is 0 Å². The fourth-order valence-electron chi connectivity index (χ4n) is 2.32. The summed E-state index contributed by atoms with van der Waals surface area (Å²) in [4.78, 5) is -0.0587. The maximum atomic E-state index is 13.8. The predicted octanol–water partition coefficient (Wildman–Crippen LogP) is 2.05. The first-order valence-corrected chi connectivity index (χ1v) is 8.11. The van der Waals surface area contributed by atoms with Crippen LogP contribution in [0.15, 0.2) is 17.0 Å². The molecule has 1 fully saturated rings. The van der Waals surface area contributed by atoms with Crippen molar-refractivity contribution in [2.45, 2.75) is 44.2 Å². The summed E-state index contributed by atoms with van der Waals surface area (Å²) in [7, 11) is -2.22. The van der Waals surface area contributed by atoms with Gasteiger partial charge in [0.25, 0.3) is 0 Å². The Labute approximate surface area is 119 Å². The Balaban J connectivity index is 2.45. The zero-order chi connectivity index (χ0) is 15.1. The summed E-state index contributed by atoms with van der Waals surface area (Å²) in [5, 5.41) is 9.11. The van der Waals surface area contributed by atoms with Gasteiger partial charge in [-0.1, -0.05) is 0 Å². The predicted molar refractivity (Wildman–Crippen MR) is 74.2 cm³/mol. The molecule has 0 amide bonds. The van der Waals surface area contributed by atoms with E-state index < -0.39 is 15.8 Å². The van der Waals surface area contributed by atoms with E-state index in [0.717, 1.165) is 12.8 Å². The van der Waals surface area contributed by atoms with Crippen LogP contribution in [0.2, 0.25) is 0 Å². The van der Waals surface area contributed by atoms with Gasteiger partial charge in [-0.2, -0.15) is 4.31 Å². The van der Waals surface area contributed by atoms with Crippen LogP contribution in [0.25, 0.3) is 0 Å². The maximum Gasteiger partial charge on any atom is 0.243 e. The summed E-state index contributed by atoms with van der Waals surface area (Å²) in [5.74, 6) is -0.219. The molecule has 1 aromatic rings. The summed E-state index contributed by atoms with van der Waals surface area (Å²) in [5.41, 5.74) is 0.358. The number of rotatable bonds is 5. The van der Waals surface area contributed by atoms with Crippen molar-refractivity contribution in [1.29, 1.82) is 0 Å². The van der Waals surface area contributed by atoms with Crippen LogP contribution in [0.1, 0.15) is 30.9 Å². The number of aliphatic hydroxyl groups is 1. The van der Waals surface area contributed by atoms with Gasteiger partial charge in [0.05, 0.1) is 11.5 Å². The molecule has 1 aliphatic carbocycles. The van der Waals surface area contributed by atoms with Crippen LogP contribution in [0, 0.1) is 18.7 Å². The van der Waals surface area contributed by atoms with Gasteiger partial charge in [0.1, 0.15) is 5.82 Å². The van der Waals surface area contributed by atoms with Crippen molar-refractivity contribution in [3.8, 4) is 0 Å². The molecule has 1 aromatic carbocycles. The minimum Gasteiger partial charge on any atom is -0.392 e. The van der Waals surface area contributed by atoms with E-state index >= 15 is 0 Å². The van der Waals surface area contributed by atoms with Gasteiger partial charge in [0, 0.05) is 18.7 Å². The zero-order valence-electron chi connectivity index (χ0n) is 11.9. The molecule has 1 N–H and O–H groups in total. The van der Waals surface area contributed by atoms with Crippen molar-refractivity contribution in [1.82, 2.24) is 4.31 Å². The molecule has 0 saturated heterocycles. The molecule has 0 aromatic heterocycles. The molecule has 0 spiro atoms. The van der Waals surface area contributed by atoms with Gasteiger partial charge < -0.3 is 5.11 Å². The van der Waals surface area contributed by atoms with Gasteiger partial charge in [-0.25, -0.2) is 12.8 Å². The van der Waals surface area contributed by atoms with Gasteiger partial charge in [-0.05, 0) is 50.3 Å². The molecular formula is C14H20FNO3S. The minimum absolute atomic E-state index is 0.0587. The summed E-state index contributed by atoms with van der Waals surface area (Å²) >= 11 is 0. The monoisotopic (exact) mass is 301 g/mol. The molecular weight excluding hydrogens is 281 g/mol. The van der Waals surface area contributed by atoms with Crippen LogP contribution < -0.4 is 0 Å². The van der Waals surface area contributed by atoms with Crippen LogP contribution >= 0.6 is 0 Å². The molecule has 1 saturated carbocycles. The zero-order valence-corrected chi connectivity index (χ0v) is 12.7. The SMILES string of the molecule is Cc1c(F)cc(CO)cc1S(=O)(=O)N(C)C(C)C1CC1. The average molecular weight is 301 g/mol. The topological polar surface area (TPSA) is 57.6 Å². The van der Waals surface area contributed by atoms with E-state index in [4.69, 9.17) is 5.11 Å². The Kier molecular flexibility index (Phi) is 4.18. The summed E-state index contributed by atoms with van der Waals surface area (Å²) in [6.45, 7) is 2.93. The third-order valence-corrected chi connectivity index (χ3v) is 6.14. The normalized spacial score (nSPS) is 17.5. The van der Waals surface area contributed by atoms with E-state index in [0.29, 0.717) is 5.92 Å². The average Bonchev–Trinajstić information content (AvgIpc) is 3.24. The molecule has 1 aliphatic rings. The number of hydrogen-bond donors (Lipinski definition) is 1. The third-order valence-electron chi connectivity index (χ3n) is 4.07. The first kappa shape index (κ1) is 15.4. The molecule has 6 heteroatoms. The molecule has 1 atom stereocenters. The van der Waals surface area contributed by atoms with E-state index in [1.165, 1.54) is 30.4 Å². The highest BCUT2D eigenvalue weighted by Gasteiger charge is 2.36. The van der Waals surface area contributed by atoms with Crippen molar-refractivity contribution < 1.29 is 17.9 Å². The number of benzene rings is 1. The Bertz CT molecular complexity index is 611. The maximum absolute atomic E-state index is 13.8. The number of sulfonamides is 1. The molecule has 1 unspecified atom stereocenters. The molecule has 2 rings (SSSR count). The highest BCUT2D eigenvalue weighted by atomic mass is 32.2. The lowest BCUT2D eigenvalue weighted by molar-refractivity contribution is 0.280. The molecule has 0 radical (unpaired) electrons. The summed E-state index contributed by atoms with van der Waals surface area (Å²) in [6, 6.07) is 2.42. The van der Waals surface area contributed by atoms with Gasteiger partial charge >= 0.3 is 0 Å². The van der Waals surface area contributed by atoms with E-state index in [1.807, 2.05) is 6.92 Å². The fourth-order valence-corrected chi connectivity index (χ4v) is 4.02. The molecule has 0 aliphatic heterocycles. The lowest BCUT2D eigenvalue weighted by Gasteiger charge is -2.25. The Morgan fingerprint density at radius 1 is 1.45 bits per heavy atom. The van der Waals surface area contributed by atoms with Gasteiger partial charge in [0.15, 0.2) is 0 Å². The lowest BCUT2D eigenvalue weighted by atomic mass is 10.1. The molecule has 4 nitrogen and oxygen atoms in total. The minimum atomic E-state index is -3.75. The van der Waals surface area contributed by atoms with Crippen LogP contribution in [0.4, 0.5) is 4.39 Å². The van der Waals surface area contributed by atoms with Crippen molar-refractivity contribution in [3.05, 3.63) is 29.1 Å². The Hall–Kier alpha value is -0.980. The third kappa shape index (κ3) is 2.73. The van der Waals surface area contributed by atoms with Crippen molar-refractivity contribution >= 4 is 10.0 Å². The molecule has 112 valence electrons. The fraction of sp³-hybridized carbons (Fsp3) is 0.571. The van der Waals surface area contributed by atoms with Crippen LogP contribution in [0.5, 0.6) is 0 Å². The van der Waals surface area contributed by atoms with E-state index in [1.54, 1.807) is 0 Å². The summed E-state index contributed by atoms with van der Waals surface area (Å²) in [6.07, 6.45) is 2.07. The van der Waals surface area contributed by atoms with Crippen LogP contribution in [-0.4, -0.2) is 30.9 Å². The number of halogens is 1. The molecule has 0 heterocycles. The van der Waals surface area contributed by atoms with E-state index in [9.17, 15) is 12.8 Å². The molecule has 0 bridgehead atoms. The van der Waals surface area contributed by atoms with Gasteiger partial charge in [0.2, 0.25) is 10.0 Å². The highest BCUT2D eigenvalue weighted by Crippen LogP contribution is 2.37. The van der Waals surface area contributed by atoms with Crippen molar-refractivity contribution in [2.75, 3.05) is 7.05 Å². The summed E-state index contributed by atoms with van der Waals surface area (Å²) < 4.78 is 40.4. The Morgan fingerprint density at radius 3 is 2.55 bits per heavy atom. The first-order valence-electron chi connectivity index (χ1n) is 6.67. The second-order valence-electron chi connectivity index (χ2n) is 5.46. The Morgan fingerprint density at radius 2 is 2.05 bits per heavy atom. The largest absolute Gasteiger partial charge is 0.392 e. The second-order valence-corrected chi connectivity index (χ2v) is 7.42. The van der Waals surface area contributed by atoms with E-state index in [2.05, 4.69) is 0 Å². The first-order chi connectivity index (χ1) is 9.28. The van der Waals surface area contributed by atoms with Gasteiger partial charge in [-0.15, -0.1) is 0 Å². The highest BCUT2D eigenvalue weighted by molar-refractivity contribution is 7.89. The quantitative estimate of drug-likeness (QED) is 0.905. The van der Waals surface area contributed by atoms with Crippen LogP contribution in [-0.2, 0) is 16.6 Å². The number of nitrogens with zero attached hydrogens (tertiary/aromatic N) is 1. The number of aliphatic hydroxyl groups excluding tert-OH is 1. The standard InChI is InChI=1S/C14H20FNO3S/c1-9-13(15)6-11(8-17)7-14(9)20(18,19)16(3)10(2)12-4-5-12/h6-7,10,12,17H,4-5,8H2,1-3H3. The second kappa shape index (κ2) is 5.42.